The molecule has 0 fully saturated rings. The Morgan fingerprint density at radius 1 is 1.03 bits per heavy atom. The Bertz CT molecular complexity index is 1120. The van der Waals surface area contributed by atoms with E-state index < -0.39 is 17.6 Å². The zero-order chi connectivity index (χ0) is 20.4. The zero-order valence-corrected chi connectivity index (χ0v) is 15.8. The van der Waals surface area contributed by atoms with Crippen LogP contribution in [0.25, 0.3) is 0 Å². The van der Waals surface area contributed by atoms with Crippen molar-refractivity contribution in [3.63, 3.8) is 0 Å². The summed E-state index contributed by atoms with van der Waals surface area (Å²) in [5.74, 6) is -0.909. The lowest BCUT2D eigenvalue weighted by Crippen LogP contribution is -2.30. The van der Waals surface area contributed by atoms with Crippen molar-refractivity contribution in [2.45, 2.75) is 13.0 Å². The maximum absolute atomic E-state index is 13.1. The van der Waals surface area contributed by atoms with Gasteiger partial charge >= 0.3 is 5.97 Å². The molecule has 146 valence electrons. The molecule has 1 aliphatic heterocycles. The molecule has 4 rings (SSSR count). The lowest BCUT2D eigenvalue weighted by Gasteiger charge is -2.15. The Kier molecular flexibility index (Phi) is 4.99. The van der Waals surface area contributed by atoms with Gasteiger partial charge in [-0.1, -0.05) is 60.7 Å². The highest BCUT2D eigenvalue weighted by molar-refractivity contribution is 6.11. The number of esters is 1. The fourth-order valence-electron chi connectivity index (χ4n) is 3.47. The first-order valence-corrected chi connectivity index (χ1v) is 9.36. The number of carbonyl (C=O) groups is 2. The Labute approximate surface area is 167 Å². The van der Waals surface area contributed by atoms with Gasteiger partial charge in [0.15, 0.2) is 5.78 Å². The van der Waals surface area contributed by atoms with E-state index in [0.29, 0.717) is 5.56 Å². The van der Waals surface area contributed by atoms with E-state index in [0.717, 1.165) is 5.56 Å². The van der Waals surface area contributed by atoms with E-state index in [1.807, 2.05) is 36.4 Å². The second-order valence-corrected chi connectivity index (χ2v) is 6.61. The molecule has 29 heavy (non-hydrogen) atoms. The van der Waals surface area contributed by atoms with Crippen molar-refractivity contribution in [3.8, 4) is 5.88 Å². The normalized spacial score (nSPS) is 14.7. The molecular weight excluding hydrogens is 370 g/mol. The predicted octanol–water partition coefficient (Wildman–Crippen LogP) is 3.24. The molecular formula is C23H19NO5. The van der Waals surface area contributed by atoms with Crippen LogP contribution >= 0.6 is 0 Å². The number of benzene rings is 2. The minimum absolute atomic E-state index is 0.126. The first-order chi connectivity index (χ1) is 14.1. The van der Waals surface area contributed by atoms with Crippen molar-refractivity contribution < 1.29 is 19.1 Å². The van der Waals surface area contributed by atoms with E-state index in [1.165, 1.54) is 10.6 Å². The third kappa shape index (κ3) is 3.33. The summed E-state index contributed by atoms with van der Waals surface area (Å²) in [5.41, 5.74) is 0.746. The summed E-state index contributed by atoms with van der Waals surface area (Å²) >= 11 is 0. The van der Waals surface area contributed by atoms with Crippen LogP contribution < -0.4 is 10.3 Å². The summed E-state index contributed by atoms with van der Waals surface area (Å²) in [6.45, 7) is 1.98. The molecule has 2 aromatic carbocycles. The maximum Gasteiger partial charge on any atom is 0.343 e. The average Bonchev–Trinajstić information content (AvgIpc) is 3.21. The third-order valence-corrected chi connectivity index (χ3v) is 4.84. The van der Waals surface area contributed by atoms with Crippen LogP contribution in [0, 0.1) is 0 Å². The number of ether oxygens (including phenoxy) is 2. The summed E-state index contributed by atoms with van der Waals surface area (Å²) in [6.07, 6.45) is 0. The van der Waals surface area contributed by atoms with Gasteiger partial charge in [0.25, 0.3) is 5.56 Å². The van der Waals surface area contributed by atoms with Crippen molar-refractivity contribution in [1.82, 2.24) is 4.57 Å². The standard InChI is InChI=1S/C23H19NO5/c1-2-28-23(27)18-13-17(20(25)16-11-7-4-8-12-16)22-24(21(18)26)19(14-29-22)15-9-5-3-6-10-15/h3-13,19H,2,14H2,1H3. The highest BCUT2D eigenvalue weighted by Crippen LogP contribution is 2.33. The van der Waals surface area contributed by atoms with E-state index in [4.69, 9.17) is 9.47 Å². The lowest BCUT2D eigenvalue weighted by atomic mass is 10.0. The number of ketones is 1. The van der Waals surface area contributed by atoms with E-state index in [-0.39, 0.29) is 36.0 Å². The van der Waals surface area contributed by atoms with Crippen LogP contribution in [0.3, 0.4) is 0 Å². The van der Waals surface area contributed by atoms with Gasteiger partial charge in [0.05, 0.1) is 18.2 Å². The molecule has 1 aromatic heterocycles. The van der Waals surface area contributed by atoms with Crippen molar-refractivity contribution in [2.24, 2.45) is 0 Å². The topological polar surface area (TPSA) is 74.6 Å². The fraction of sp³-hybridized carbons (Fsp3) is 0.174. The molecule has 6 nitrogen and oxygen atoms in total. The van der Waals surface area contributed by atoms with Gasteiger partial charge in [0.2, 0.25) is 5.88 Å². The highest BCUT2D eigenvalue weighted by atomic mass is 16.5. The van der Waals surface area contributed by atoms with Crippen LogP contribution in [0.2, 0.25) is 0 Å². The Morgan fingerprint density at radius 3 is 2.34 bits per heavy atom. The number of hydrogen-bond acceptors (Lipinski definition) is 5. The Morgan fingerprint density at radius 2 is 1.69 bits per heavy atom. The van der Waals surface area contributed by atoms with E-state index in [1.54, 1.807) is 31.2 Å². The average molecular weight is 389 g/mol. The lowest BCUT2D eigenvalue weighted by molar-refractivity contribution is 0.0523. The number of nitrogens with zero attached hydrogens (tertiary/aromatic N) is 1. The van der Waals surface area contributed by atoms with Crippen molar-refractivity contribution >= 4 is 11.8 Å². The summed E-state index contributed by atoms with van der Waals surface area (Å²) in [4.78, 5) is 38.7. The van der Waals surface area contributed by atoms with Crippen LogP contribution in [0.5, 0.6) is 5.88 Å². The summed E-state index contributed by atoms with van der Waals surface area (Å²) in [6, 6.07) is 18.9. The minimum atomic E-state index is -0.756. The van der Waals surface area contributed by atoms with Gasteiger partial charge in [-0.05, 0) is 18.6 Å². The smallest absolute Gasteiger partial charge is 0.343 e. The number of aromatic nitrogens is 1. The second kappa shape index (κ2) is 7.75. The monoisotopic (exact) mass is 389 g/mol. The first-order valence-electron chi connectivity index (χ1n) is 9.36. The van der Waals surface area contributed by atoms with Gasteiger partial charge in [-0.25, -0.2) is 4.79 Å². The Hall–Kier alpha value is -3.67. The molecule has 0 amide bonds. The SMILES string of the molecule is CCOC(=O)c1cc(C(=O)c2ccccc2)c2n(c1=O)C(c1ccccc1)CO2. The molecule has 0 N–H and O–H groups in total. The van der Waals surface area contributed by atoms with Crippen LogP contribution in [-0.2, 0) is 4.74 Å². The van der Waals surface area contributed by atoms with E-state index in [9.17, 15) is 14.4 Å². The van der Waals surface area contributed by atoms with Gasteiger partial charge in [-0.15, -0.1) is 0 Å². The van der Waals surface area contributed by atoms with Crippen LogP contribution in [0.15, 0.2) is 71.5 Å². The molecule has 1 atom stereocenters. The fourth-order valence-corrected chi connectivity index (χ4v) is 3.47. The van der Waals surface area contributed by atoms with Crippen LogP contribution in [0.4, 0.5) is 0 Å². The van der Waals surface area contributed by atoms with Gasteiger partial charge < -0.3 is 9.47 Å². The molecule has 0 spiro atoms. The number of fused-ring (bicyclic) bond motifs is 1. The summed E-state index contributed by atoms with van der Waals surface area (Å²) in [5, 5.41) is 0. The number of hydrogen-bond donors (Lipinski definition) is 0. The zero-order valence-electron chi connectivity index (χ0n) is 15.8. The molecule has 1 unspecified atom stereocenters. The molecule has 2 heterocycles. The highest BCUT2D eigenvalue weighted by Gasteiger charge is 2.34. The molecule has 0 saturated heterocycles. The molecule has 0 saturated carbocycles. The second-order valence-electron chi connectivity index (χ2n) is 6.61. The number of pyridine rings is 1. The molecule has 1 aliphatic rings. The quantitative estimate of drug-likeness (QED) is 0.495. The van der Waals surface area contributed by atoms with E-state index >= 15 is 0 Å². The van der Waals surface area contributed by atoms with Gasteiger partial charge in [-0.2, -0.15) is 0 Å². The first kappa shape index (κ1) is 18.7. The molecule has 6 heteroatoms. The molecule has 0 bridgehead atoms. The van der Waals surface area contributed by atoms with Crippen LogP contribution in [-0.4, -0.2) is 29.5 Å². The minimum Gasteiger partial charge on any atom is -0.476 e. The van der Waals surface area contributed by atoms with Gasteiger partial charge in [0, 0.05) is 5.56 Å². The van der Waals surface area contributed by atoms with Crippen molar-refractivity contribution in [1.29, 1.82) is 0 Å². The van der Waals surface area contributed by atoms with E-state index in [2.05, 4.69) is 0 Å². The van der Waals surface area contributed by atoms with Gasteiger partial charge in [0.1, 0.15) is 12.2 Å². The largest absolute Gasteiger partial charge is 0.476 e. The summed E-state index contributed by atoms with van der Waals surface area (Å²) < 4.78 is 12.2. The molecule has 0 aliphatic carbocycles. The van der Waals surface area contributed by atoms with Crippen LogP contribution in [0.1, 0.15) is 44.8 Å². The third-order valence-electron chi connectivity index (χ3n) is 4.84. The Balaban J connectivity index is 1.92. The number of carbonyl (C=O) groups excluding carboxylic acids is 2. The number of rotatable bonds is 5. The predicted molar refractivity (Wildman–Crippen MR) is 107 cm³/mol. The molecule has 3 aromatic rings. The maximum atomic E-state index is 13.1. The van der Waals surface area contributed by atoms with Crippen molar-refractivity contribution in [3.05, 3.63) is 99.3 Å². The molecule has 0 radical (unpaired) electrons. The van der Waals surface area contributed by atoms with Gasteiger partial charge in [-0.3, -0.25) is 14.2 Å². The van der Waals surface area contributed by atoms with Crippen molar-refractivity contribution in [2.75, 3.05) is 13.2 Å². The summed E-state index contributed by atoms with van der Waals surface area (Å²) in [7, 11) is 0.